The van der Waals surface area contributed by atoms with E-state index in [9.17, 15) is 8.42 Å². The van der Waals surface area contributed by atoms with Gasteiger partial charge in [-0.3, -0.25) is 9.40 Å². The normalized spacial score (nSPS) is 11.1. The molecule has 6 nitrogen and oxygen atoms in total. The van der Waals surface area contributed by atoms with Gasteiger partial charge in [0.1, 0.15) is 0 Å². The summed E-state index contributed by atoms with van der Waals surface area (Å²) in [5.74, 6) is 0. The SMILES string of the molecule is CCc1nn(C)cc1NS(=O)(=O)c1cccc(C#N)c1. The second-order valence-electron chi connectivity index (χ2n) is 4.26. The molecule has 0 spiro atoms. The van der Waals surface area contributed by atoms with Crippen LogP contribution in [0.4, 0.5) is 5.69 Å². The van der Waals surface area contributed by atoms with Gasteiger partial charge in [0.05, 0.1) is 27.9 Å². The van der Waals surface area contributed by atoms with Gasteiger partial charge >= 0.3 is 0 Å². The highest BCUT2D eigenvalue weighted by molar-refractivity contribution is 7.92. The van der Waals surface area contributed by atoms with Crippen molar-refractivity contribution in [1.82, 2.24) is 9.78 Å². The van der Waals surface area contributed by atoms with Gasteiger partial charge in [-0.25, -0.2) is 8.42 Å². The zero-order valence-corrected chi connectivity index (χ0v) is 12.0. The number of nitrogens with one attached hydrogen (secondary N) is 1. The molecule has 0 bridgehead atoms. The number of benzene rings is 1. The molecule has 0 unspecified atom stereocenters. The lowest BCUT2D eigenvalue weighted by molar-refractivity contribution is 0.601. The third kappa shape index (κ3) is 2.81. The van der Waals surface area contributed by atoms with E-state index < -0.39 is 10.0 Å². The minimum Gasteiger partial charge on any atom is -0.276 e. The molecule has 0 radical (unpaired) electrons. The molecule has 0 atom stereocenters. The van der Waals surface area contributed by atoms with Crippen molar-refractivity contribution >= 4 is 15.7 Å². The summed E-state index contributed by atoms with van der Waals surface area (Å²) >= 11 is 0. The predicted octanol–water partition coefficient (Wildman–Crippen LogP) is 1.65. The molecule has 0 fully saturated rings. The summed E-state index contributed by atoms with van der Waals surface area (Å²) < 4.78 is 28.6. The first-order valence-electron chi connectivity index (χ1n) is 6.01. The number of nitrogens with zero attached hydrogens (tertiary/aromatic N) is 3. The molecule has 2 aromatic rings. The van der Waals surface area contributed by atoms with Gasteiger partial charge in [0.15, 0.2) is 0 Å². The Morgan fingerprint density at radius 1 is 1.45 bits per heavy atom. The van der Waals surface area contributed by atoms with Crippen LogP contribution in [0, 0.1) is 11.3 Å². The van der Waals surface area contributed by atoms with Gasteiger partial charge in [-0.15, -0.1) is 0 Å². The van der Waals surface area contributed by atoms with E-state index in [1.54, 1.807) is 24.0 Å². The number of anilines is 1. The van der Waals surface area contributed by atoms with Gasteiger partial charge < -0.3 is 0 Å². The fourth-order valence-electron chi connectivity index (χ4n) is 1.82. The van der Waals surface area contributed by atoms with E-state index in [0.29, 0.717) is 23.4 Å². The smallest absolute Gasteiger partial charge is 0.262 e. The summed E-state index contributed by atoms with van der Waals surface area (Å²) in [6.45, 7) is 1.90. The number of nitriles is 1. The Bertz CT molecular complexity index is 772. The molecule has 104 valence electrons. The molecule has 7 heteroatoms. The van der Waals surface area contributed by atoms with Crippen LogP contribution in [0.25, 0.3) is 0 Å². The van der Waals surface area contributed by atoms with Crippen LogP contribution in [0.15, 0.2) is 35.4 Å². The van der Waals surface area contributed by atoms with Gasteiger partial charge in [0.2, 0.25) is 0 Å². The molecule has 20 heavy (non-hydrogen) atoms. The fourth-order valence-corrected chi connectivity index (χ4v) is 2.94. The first-order valence-corrected chi connectivity index (χ1v) is 7.50. The van der Waals surface area contributed by atoms with E-state index in [1.807, 2.05) is 13.0 Å². The second-order valence-corrected chi connectivity index (χ2v) is 5.94. The summed E-state index contributed by atoms with van der Waals surface area (Å²) in [6, 6.07) is 7.80. The maximum Gasteiger partial charge on any atom is 0.262 e. The number of hydrogen-bond donors (Lipinski definition) is 1. The predicted molar refractivity (Wildman–Crippen MR) is 74.6 cm³/mol. The van der Waals surface area contributed by atoms with E-state index in [2.05, 4.69) is 9.82 Å². The zero-order chi connectivity index (χ0) is 14.8. The van der Waals surface area contributed by atoms with Crippen LogP contribution in [0.2, 0.25) is 0 Å². The van der Waals surface area contributed by atoms with E-state index in [-0.39, 0.29) is 4.90 Å². The average Bonchev–Trinajstić information content (AvgIpc) is 2.78. The molecule has 0 aliphatic carbocycles. The molecular formula is C13H14N4O2S. The third-order valence-electron chi connectivity index (χ3n) is 2.76. The van der Waals surface area contributed by atoms with Crippen molar-refractivity contribution in [3.63, 3.8) is 0 Å². The molecule has 1 aromatic carbocycles. The van der Waals surface area contributed by atoms with Gasteiger partial charge in [-0.1, -0.05) is 13.0 Å². The van der Waals surface area contributed by atoms with Crippen LogP contribution < -0.4 is 4.72 Å². The molecule has 0 aliphatic heterocycles. The first kappa shape index (κ1) is 14.1. The quantitative estimate of drug-likeness (QED) is 0.927. The first-order chi connectivity index (χ1) is 9.46. The van der Waals surface area contributed by atoms with Gasteiger partial charge in [-0.05, 0) is 24.6 Å². The molecule has 0 saturated carbocycles. The van der Waals surface area contributed by atoms with Gasteiger partial charge in [0, 0.05) is 13.2 Å². The standard InChI is InChI=1S/C13H14N4O2S/c1-3-12-13(9-17(2)15-12)16-20(18,19)11-6-4-5-10(7-11)8-14/h4-7,9,16H,3H2,1-2H3. The Balaban J connectivity index is 2.38. The van der Waals surface area contributed by atoms with E-state index in [0.717, 1.165) is 0 Å². The number of sulfonamides is 1. The Kier molecular flexibility index (Phi) is 3.77. The molecule has 1 heterocycles. The molecule has 0 aliphatic rings. The highest BCUT2D eigenvalue weighted by Gasteiger charge is 2.17. The zero-order valence-electron chi connectivity index (χ0n) is 11.2. The van der Waals surface area contributed by atoms with Crippen molar-refractivity contribution < 1.29 is 8.42 Å². The molecule has 1 aromatic heterocycles. The monoisotopic (exact) mass is 290 g/mol. The number of hydrogen-bond acceptors (Lipinski definition) is 4. The molecule has 2 rings (SSSR count). The Labute approximate surface area is 117 Å². The van der Waals surface area contributed by atoms with E-state index >= 15 is 0 Å². The second kappa shape index (κ2) is 5.35. The molecule has 1 N–H and O–H groups in total. The summed E-state index contributed by atoms with van der Waals surface area (Å²) in [5.41, 5.74) is 1.43. The van der Waals surface area contributed by atoms with Gasteiger partial charge in [-0.2, -0.15) is 10.4 Å². The number of rotatable bonds is 4. The van der Waals surface area contributed by atoms with Gasteiger partial charge in [0.25, 0.3) is 10.0 Å². The largest absolute Gasteiger partial charge is 0.276 e. The minimum atomic E-state index is -3.72. The summed E-state index contributed by atoms with van der Waals surface area (Å²) in [6.07, 6.45) is 2.24. The molecule has 0 saturated heterocycles. The van der Waals surface area contributed by atoms with Crippen molar-refractivity contribution in [2.75, 3.05) is 4.72 Å². The average molecular weight is 290 g/mol. The van der Waals surface area contributed by atoms with Crippen molar-refractivity contribution in [3.05, 3.63) is 41.7 Å². The van der Waals surface area contributed by atoms with Crippen molar-refractivity contribution in [2.24, 2.45) is 7.05 Å². The lowest BCUT2D eigenvalue weighted by atomic mass is 10.2. The topological polar surface area (TPSA) is 87.8 Å². The maximum absolute atomic E-state index is 12.3. The Morgan fingerprint density at radius 2 is 2.20 bits per heavy atom. The van der Waals surface area contributed by atoms with Crippen LogP contribution in [0.3, 0.4) is 0 Å². The van der Waals surface area contributed by atoms with Crippen molar-refractivity contribution in [2.45, 2.75) is 18.2 Å². The van der Waals surface area contributed by atoms with Crippen LogP contribution in [-0.4, -0.2) is 18.2 Å². The minimum absolute atomic E-state index is 0.0578. The lowest BCUT2D eigenvalue weighted by Crippen LogP contribution is -2.13. The van der Waals surface area contributed by atoms with E-state index in [1.165, 1.54) is 18.2 Å². The fraction of sp³-hybridized carbons (Fsp3) is 0.231. The maximum atomic E-state index is 12.3. The molecular weight excluding hydrogens is 276 g/mol. The molecule has 0 amide bonds. The third-order valence-corrected chi connectivity index (χ3v) is 4.12. The summed E-state index contributed by atoms with van der Waals surface area (Å²) in [4.78, 5) is 0.0578. The highest BCUT2D eigenvalue weighted by Crippen LogP contribution is 2.20. The van der Waals surface area contributed by atoms with Crippen molar-refractivity contribution in [3.8, 4) is 6.07 Å². The van der Waals surface area contributed by atoms with Crippen LogP contribution in [0.5, 0.6) is 0 Å². The summed E-state index contributed by atoms with van der Waals surface area (Å²) in [7, 11) is -1.99. The van der Waals surface area contributed by atoms with Crippen LogP contribution in [0.1, 0.15) is 18.2 Å². The Hall–Kier alpha value is -2.33. The van der Waals surface area contributed by atoms with E-state index in [4.69, 9.17) is 5.26 Å². The number of aromatic nitrogens is 2. The number of aryl methyl sites for hydroxylation is 2. The van der Waals surface area contributed by atoms with Crippen molar-refractivity contribution in [1.29, 1.82) is 5.26 Å². The Morgan fingerprint density at radius 3 is 2.85 bits per heavy atom. The van der Waals surface area contributed by atoms with Crippen LogP contribution in [-0.2, 0) is 23.5 Å². The highest BCUT2D eigenvalue weighted by atomic mass is 32.2. The summed E-state index contributed by atoms with van der Waals surface area (Å²) in [5, 5.41) is 13.0. The lowest BCUT2D eigenvalue weighted by Gasteiger charge is -2.07. The van der Waals surface area contributed by atoms with Crippen LogP contribution >= 0.6 is 0 Å².